The van der Waals surface area contributed by atoms with Gasteiger partial charge in [0.1, 0.15) is 5.84 Å². The van der Waals surface area contributed by atoms with Crippen molar-refractivity contribution in [1.82, 2.24) is 0 Å². The summed E-state index contributed by atoms with van der Waals surface area (Å²) in [5.74, 6) is 0.664. The van der Waals surface area contributed by atoms with Crippen molar-refractivity contribution in [3.05, 3.63) is 28.5 Å². The number of anilines is 1. The Morgan fingerprint density at radius 2 is 1.96 bits per heavy atom. The molecule has 0 saturated heterocycles. The SMILES string of the molecule is COc1ccc(S(=O)(=O)Nc2csc(C(=N)N)c2SC)cc1OC. The van der Waals surface area contributed by atoms with E-state index in [1.165, 1.54) is 55.5 Å². The molecule has 0 aliphatic rings. The number of rotatable bonds is 7. The summed E-state index contributed by atoms with van der Waals surface area (Å²) in [6, 6.07) is 4.34. The topological polar surface area (TPSA) is 114 Å². The van der Waals surface area contributed by atoms with Crippen LogP contribution in [0.25, 0.3) is 0 Å². The van der Waals surface area contributed by atoms with Crippen molar-refractivity contribution in [3.8, 4) is 11.5 Å². The lowest BCUT2D eigenvalue weighted by Crippen LogP contribution is -2.14. The fourth-order valence-corrected chi connectivity index (χ4v) is 5.06. The molecular weight excluding hydrogens is 370 g/mol. The number of nitrogens with two attached hydrogens (primary N) is 1. The van der Waals surface area contributed by atoms with Crippen LogP contribution in [0.2, 0.25) is 0 Å². The Bertz CT molecular complexity index is 862. The van der Waals surface area contributed by atoms with E-state index in [2.05, 4.69) is 4.72 Å². The van der Waals surface area contributed by atoms with Crippen LogP contribution in [0, 0.1) is 5.41 Å². The van der Waals surface area contributed by atoms with Gasteiger partial charge in [0, 0.05) is 11.4 Å². The van der Waals surface area contributed by atoms with Gasteiger partial charge in [-0.2, -0.15) is 0 Å². The van der Waals surface area contributed by atoms with Crippen molar-refractivity contribution >= 4 is 44.6 Å². The quantitative estimate of drug-likeness (QED) is 0.382. The second kappa shape index (κ2) is 7.32. The van der Waals surface area contributed by atoms with Gasteiger partial charge in [-0.15, -0.1) is 23.1 Å². The first-order valence-corrected chi connectivity index (χ1v) is 10.2. The van der Waals surface area contributed by atoms with Crippen LogP contribution < -0.4 is 19.9 Å². The smallest absolute Gasteiger partial charge is 0.262 e. The maximum absolute atomic E-state index is 12.6. The summed E-state index contributed by atoms with van der Waals surface area (Å²) in [5, 5.41) is 9.18. The van der Waals surface area contributed by atoms with Crippen LogP contribution in [-0.4, -0.2) is 34.7 Å². The van der Waals surface area contributed by atoms with Gasteiger partial charge in [0.25, 0.3) is 10.0 Å². The molecule has 0 aliphatic heterocycles. The van der Waals surface area contributed by atoms with Crippen molar-refractivity contribution in [3.63, 3.8) is 0 Å². The van der Waals surface area contributed by atoms with Gasteiger partial charge in [-0.3, -0.25) is 10.1 Å². The largest absolute Gasteiger partial charge is 0.493 e. The van der Waals surface area contributed by atoms with E-state index in [0.29, 0.717) is 27.0 Å². The number of benzene rings is 1. The van der Waals surface area contributed by atoms with E-state index in [1.807, 2.05) is 0 Å². The summed E-state index contributed by atoms with van der Waals surface area (Å²) in [6.07, 6.45) is 1.79. The van der Waals surface area contributed by atoms with Crippen molar-refractivity contribution in [2.24, 2.45) is 5.73 Å². The zero-order valence-corrected chi connectivity index (χ0v) is 15.7. The standard InChI is InChI=1S/C14H17N3O4S3/c1-20-10-5-4-8(6-11(10)21-2)24(18,19)17-9-7-23-13(14(15)16)12(9)22-3/h4-7,17H,1-3H3,(H3,15,16). The fourth-order valence-electron chi connectivity index (χ4n) is 1.99. The van der Waals surface area contributed by atoms with Gasteiger partial charge in [0.15, 0.2) is 11.5 Å². The zero-order chi connectivity index (χ0) is 17.9. The van der Waals surface area contributed by atoms with Crippen LogP contribution >= 0.6 is 23.1 Å². The molecule has 0 atom stereocenters. The number of hydrogen-bond donors (Lipinski definition) is 3. The number of amidine groups is 1. The fraction of sp³-hybridized carbons (Fsp3) is 0.214. The van der Waals surface area contributed by atoms with Crippen LogP contribution in [0.3, 0.4) is 0 Å². The van der Waals surface area contributed by atoms with E-state index in [1.54, 1.807) is 11.6 Å². The van der Waals surface area contributed by atoms with Crippen molar-refractivity contribution < 1.29 is 17.9 Å². The predicted octanol–water partition coefficient (Wildman–Crippen LogP) is 2.57. The molecule has 2 rings (SSSR count). The highest BCUT2D eigenvalue weighted by atomic mass is 32.2. The van der Waals surface area contributed by atoms with Crippen LogP contribution in [0.4, 0.5) is 5.69 Å². The first-order chi connectivity index (χ1) is 11.3. The molecule has 0 amide bonds. The molecule has 0 unspecified atom stereocenters. The average Bonchev–Trinajstić information content (AvgIpc) is 2.96. The number of nitrogens with one attached hydrogen (secondary N) is 2. The van der Waals surface area contributed by atoms with Crippen molar-refractivity contribution in [2.45, 2.75) is 9.79 Å². The Morgan fingerprint density at radius 1 is 1.29 bits per heavy atom. The lowest BCUT2D eigenvalue weighted by atomic mass is 10.3. The molecule has 2 aromatic rings. The van der Waals surface area contributed by atoms with Crippen LogP contribution in [0.15, 0.2) is 33.4 Å². The van der Waals surface area contributed by atoms with Gasteiger partial charge in [0.2, 0.25) is 0 Å². The zero-order valence-electron chi connectivity index (χ0n) is 13.2. The summed E-state index contributed by atoms with van der Waals surface area (Å²) in [7, 11) is -0.907. The minimum absolute atomic E-state index is 0.0442. The minimum Gasteiger partial charge on any atom is -0.493 e. The Labute approximate surface area is 148 Å². The van der Waals surface area contributed by atoms with Gasteiger partial charge in [0.05, 0.1) is 34.6 Å². The summed E-state index contributed by atoms with van der Waals surface area (Å²) in [5.41, 5.74) is 5.92. The third kappa shape index (κ3) is 3.60. The Hall–Kier alpha value is -1.91. The highest BCUT2D eigenvalue weighted by Gasteiger charge is 2.21. The maximum atomic E-state index is 12.6. The van der Waals surface area contributed by atoms with Gasteiger partial charge in [-0.25, -0.2) is 8.42 Å². The van der Waals surface area contributed by atoms with Crippen LogP contribution in [0.5, 0.6) is 11.5 Å². The number of hydrogen-bond acceptors (Lipinski definition) is 7. The van der Waals surface area contributed by atoms with Gasteiger partial charge >= 0.3 is 0 Å². The summed E-state index contributed by atoms with van der Waals surface area (Å²) in [4.78, 5) is 1.20. The average molecular weight is 388 g/mol. The molecule has 0 fully saturated rings. The molecule has 1 heterocycles. The lowest BCUT2D eigenvalue weighted by molar-refractivity contribution is 0.354. The first kappa shape index (κ1) is 18.4. The first-order valence-electron chi connectivity index (χ1n) is 6.58. The van der Waals surface area contributed by atoms with E-state index in [4.69, 9.17) is 20.6 Å². The van der Waals surface area contributed by atoms with Crippen LogP contribution in [-0.2, 0) is 10.0 Å². The maximum Gasteiger partial charge on any atom is 0.262 e. The minimum atomic E-state index is -3.82. The Kier molecular flexibility index (Phi) is 5.62. The van der Waals surface area contributed by atoms with Gasteiger partial charge in [-0.05, 0) is 18.4 Å². The molecule has 0 radical (unpaired) electrons. The molecule has 0 bridgehead atoms. The summed E-state index contributed by atoms with van der Waals surface area (Å²) >= 11 is 2.54. The van der Waals surface area contributed by atoms with Crippen molar-refractivity contribution in [2.75, 3.05) is 25.2 Å². The molecule has 1 aromatic carbocycles. The molecule has 0 saturated carbocycles. The lowest BCUT2D eigenvalue weighted by Gasteiger charge is -2.12. The number of thioether (sulfide) groups is 1. The Balaban J connectivity index is 2.41. The number of methoxy groups -OCH3 is 2. The molecule has 7 nitrogen and oxygen atoms in total. The Morgan fingerprint density at radius 3 is 2.50 bits per heavy atom. The van der Waals surface area contributed by atoms with Crippen molar-refractivity contribution in [1.29, 1.82) is 5.41 Å². The third-order valence-electron chi connectivity index (χ3n) is 3.10. The summed E-state index contributed by atoms with van der Waals surface area (Å²) < 4.78 is 38.0. The molecule has 10 heteroatoms. The van der Waals surface area contributed by atoms with Crippen LogP contribution in [0.1, 0.15) is 4.88 Å². The van der Waals surface area contributed by atoms with E-state index in [0.717, 1.165) is 0 Å². The second-order valence-electron chi connectivity index (χ2n) is 4.55. The van der Waals surface area contributed by atoms with Gasteiger partial charge < -0.3 is 15.2 Å². The molecular formula is C14H17N3O4S3. The molecule has 0 spiro atoms. The molecule has 4 N–H and O–H groups in total. The van der Waals surface area contributed by atoms with E-state index in [-0.39, 0.29) is 10.7 Å². The summed E-state index contributed by atoms with van der Waals surface area (Å²) in [6.45, 7) is 0. The second-order valence-corrected chi connectivity index (χ2v) is 7.93. The predicted molar refractivity (Wildman–Crippen MR) is 97.5 cm³/mol. The monoisotopic (exact) mass is 387 g/mol. The highest BCUT2D eigenvalue weighted by Crippen LogP contribution is 2.36. The number of nitrogen functional groups attached to an aromatic ring is 1. The third-order valence-corrected chi connectivity index (χ3v) is 6.44. The molecule has 0 aliphatic carbocycles. The van der Waals surface area contributed by atoms with Gasteiger partial charge in [-0.1, -0.05) is 0 Å². The van der Waals surface area contributed by atoms with E-state index in [9.17, 15) is 8.42 Å². The highest BCUT2D eigenvalue weighted by molar-refractivity contribution is 7.99. The number of thiophene rings is 1. The molecule has 24 heavy (non-hydrogen) atoms. The van der Waals surface area contributed by atoms with E-state index < -0.39 is 10.0 Å². The van der Waals surface area contributed by atoms with E-state index >= 15 is 0 Å². The molecule has 1 aromatic heterocycles. The number of ether oxygens (including phenoxy) is 2. The normalized spacial score (nSPS) is 11.1. The molecule has 130 valence electrons. The number of sulfonamides is 1.